The molecule has 8 nitrogen and oxygen atoms in total. The van der Waals surface area contributed by atoms with Crippen molar-refractivity contribution in [1.82, 2.24) is 19.7 Å². The van der Waals surface area contributed by atoms with Crippen LogP contribution in [0.3, 0.4) is 0 Å². The van der Waals surface area contributed by atoms with Crippen molar-refractivity contribution in [3.8, 4) is 23.8 Å². The Bertz CT molecular complexity index is 1430. The second-order valence-corrected chi connectivity index (χ2v) is 10.2. The van der Waals surface area contributed by atoms with Gasteiger partial charge in [-0.2, -0.15) is 25.6 Å². The fraction of sp³-hybridized carbons (Fsp3) is 0.423. The molecule has 1 atom stereocenters. The Kier molecular flexibility index (Phi) is 4.28. The van der Waals surface area contributed by atoms with Gasteiger partial charge in [0.1, 0.15) is 11.1 Å². The van der Waals surface area contributed by atoms with Crippen LogP contribution in [0.15, 0.2) is 18.2 Å². The van der Waals surface area contributed by atoms with Gasteiger partial charge in [-0.1, -0.05) is 0 Å². The van der Waals surface area contributed by atoms with Crippen LogP contribution in [0.25, 0.3) is 17.1 Å². The third-order valence-corrected chi connectivity index (χ3v) is 7.52. The molecule has 1 aromatic carbocycles. The van der Waals surface area contributed by atoms with Crippen molar-refractivity contribution in [3.63, 3.8) is 0 Å². The van der Waals surface area contributed by atoms with E-state index in [1.807, 2.05) is 32.0 Å². The van der Waals surface area contributed by atoms with Gasteiger partial charge in [0.25, 0.3) is 0 Å². The topological polar surface area (TPSA) is 112 Å². The molecule has 3 saturated carbocycles. The number of aromatic nitrogens is 4. The highest BCUT2D eigenvalue weighted by Gasteiger charge is 2.69. The van der Waals surface area contributed by atoms with Gasteiger partial charge >= 0.3 is 0 Å². The Balaban J connectivity index is 1.41. The zero-order valence-electron chi connectivity index (χ0n) is 19.5. The molecule has 1 N–H and O–H groups in total. The molecular weight excluding hydrogens is 426 g/mol. The predicted octanol–water partition coefficient (Wildman–Crippen LogP) is 5.14. The third kappa shape index (κ3) is 2.99. The van der Waals surface area contributed by atoms with E-state index >= 15 is 0 Å². The third-order valence-electron chi connectivity index (χ3n) is 7.52. The lowest BCUT2D eigenvalue weighted by atomic mass is 9.40. The highest BCUT2D eigenvalue weighted by molar-refractivity contribution is 5.85. The minimum Gasteiger partial charge on any atom is -0.437 e. The molecule has 34 heavy (non-hydrogen) atoms. The van der Waals surface area contributed by atoms with E-state index in [1.165, 1.54) is 6.08 Å². The van der Waals surface area contributed by atoms with Crippen LogP contribution in [0.2, 0.25) is 0 Å². The van der Waals surface area contributed by atoms with E-state index in [1.54, 1.807) is 6.08 Å². The minimum absolute atomic E-state index is 0.0863. The first-order valence-electron chi connectivity index (χ1n) is 11.7. The molecule has 1 aliphatic heterocycles. The van der Waals surface area contributed by atoms with Gasteiger partial charge < -0.3 is 10.1 Å². The van der Waals surface area contributed by atoms with Crippen molar-refractivity contribution in [2.75, 3.05) is 5.32 Å². The van der Waals surface area contributed by atoms with Crippen LogP contribution in [0.4, 0.5) is 5.95 Å². The van der Waals surface area contributed by atoms with E-state index in [-0.39, 0.29) is 11.0 Å². The van der Waals surface area contributed by atoms with E-state index in [2.05, 4.69) is 23.0 Å². The Morgan fingerprint density at radius 3 is 2.59 bits per heavy atom. The summed E-state index contributed by atoms with van der Waals surface area (Å²) in [6.07, 6.45) is 7.71. The number of hydrogen-bond donors (Lipinski definition) is 1. The number of ether oxygens (including phenoxy) is 1. The molecule has 3 aromatic rings. The van der Waals surface area contributed by atoms with Crippen molar-refractivity contribution in [1.29, 1.82) is 10.5 Å². The molecule has 3 aliphatic carbocycles. The molecule has 1 unspecified atom stereocenters. The normalized spacial score (nSPS) is 26.4. The molecule has 3 heterocycles. The first kappa shape index (κ1) is 20.7. The number of allylic oxidation sites excluding steroid dienone is 1. The fourth-order valence-corrected chi connectivity index (χ4v) is 5.98. The average Bonchev–Trinajstić information content (AvgIpc) is 3.29. The smallest absolute Gasteiger partial charge is 0.235 e. The standard InChI is InChI=1S/C26H25N7O/c1-15-9-18(5-4-8-27)10-16(2)21(15)34-23-20-19-7-6-17(3)33(19)32-22(20)29-24(30-23)31-26-11-25(12-26,13-26)14-28/h4-5,9-10,17H,6-7,11-13H2,1-3H3,(H,29,31,32)/b5-4+. The molecule has 8 heteroatoms. The lowest BCUT2D eigenvalue weighted by Gasteiger charge is -2.66. The highest BCUT2D eigenvalue weighted by atomic mass is 16.5. The van der Waals surface area contributed by atoms with Crippen molar-refractivity contribution in [3.05, 3.63) is 40.6 Å². The summed E-state index contributed by atoms with van der Waals surface area (Å²) in [7, 11) is 0. The Labute approximate surface area is 197 Å². The van der Waals surface area contributed by atoms with Crippen LogP contribution >= 0.6 is 0 Å². The number of anilines is 1. The summed E-state index contributed by atoms with van der Waals surface area (Å²) in [6.45, 7) is 6.16. The molecule has 0 radical (unpaired) electrons. The number of nitrogens with zero attached hydrogens (tertiary/aromatic N) is 6. The molecule has 4 aliphatic rings. The molecule has 7 rings (SSSR count). The van der Waals surface area contributed by atoms with Gasteiger partial charge in [0, 0.05) is 17.7 Å². The quantitative estimate of drug-likeness (QED) is 0.535. The van der Waals surface area contributed by atoms with Crippen LogP contribution in [0.5, 0.6) is 11.6 Å². The molecule has 2 bridgehead atoms. The average molecular weight is 452 g/mol. The van der Waals surface area contributed by atoms with E-state index in [9.17, 15) is 5.26 Å². The van der Waals surface area contributed by atoms with Gasteiger partial charge in [0.2, 0.25) is 11.8 Å². The maximum Gasteiger partial charge on any atom is 0.235 e. The highest BCUT2D eigenvalue weighted by Crippen LogP contribution is 2.67. The summed E-state index contributed by atoms with van der Waals surface area (Å²) in [6, 6.07) is 8.80. The Morgan fingerprint density at radius 2 is 1.91 bits per heavy atom. The number of fused-ring (bicyclic) bond motifs is 3. The number of nitrogens with one attached hydrogen (secondary N) is 1. The van der Waals surface area contributed by atoms with Gasteiger partial charge in [-0.3, -0.25) is 4.68 Å². The number of aryl methyl sites for hydroxylation is 3. The largest absolute Gasteiger partial charge is 0.437 e. The van der Waals surface area contributed by atoms with Gasteiger partial charge in [-0.05, 0) is 87.8 Å². The fourth-order valence-electron chi connectivity index (χ4n) is 5.98. The van der Waals surface area contributed by atoms with Crippen LogP contribution in [0, 0.1) is 41.9 Å². The number of hydrogen-bond acceptors (Lipinski definition) is 7. The zero-order valence-corrected chi connectivity index (χ0v) is 19.5. The maximum atomic E-state index is 9.36. The van der Waals surface area contributed by atoms with Crippen LogP contribution in [0.1, 0.15) is 61.0 Å². The number of nitriles is 2. The van der Waals surface area contributed by atoms with Crippen molar-refractivity contribution >= 4 is 23.1 Å². The van der Waals surface area contributed by atoms with E-state index in [0.717, 1.165) is 65.6 Å². The molecule has 0 spiro atoms. The Hall–Kier alpha value is -3.91. The van der Waals surface area contributed by atoms with Crippen LogP contribution < -0.4 is 10.1 Å². The molecule has 3 fully saturated rings. The lowest BCUT2D eigenvalue weighted by Crippen LogP contribution is -2.70. The summed E-state index contributed by atoms with van der Waals surface area (Å²) in [5, 5.41) is 27.4. The molecule has 170 valence electrons. The lowest BCUT2D eigenvalue weighted by molar-refractivity contribution is -0.0665. The number of benzene rings is 1. The van der Waals surface area contributed by atoms with Crippen LogP contribution in [-0.2, 0) is 6.42 Å². The number of rotatable bonds is 5. The maximum absolute atomic E-state index is 9.36. The molecular formula is C26H25N7O. The van der Waals surface area contributed by atoms with Crippen molar-refractivity contribution in [2.45, 2.75) is 64.5 Å². The van der Waals surface area contributed by atoms with Gasteiger partial charge in [0.15, 0.2) is 5.65 Å². The van der Waals surface area contributed by atoms with Crippen LogP contribution in [-0.4, -0.2) is 25.3 Å². The van der Waals surface area contributed by atoms with Gasteiger partial charge in [-0.25, -0.2) is 0 Å². The predicted molar refractivity (Wildman–Crippen MR) is 127 cm³/mol. The van der Waals surface area contributed by atoms with Crippen molar-refractivity contribution in [2.24, 2.45) is 5.41 Å². The zero-order chi connectivity index (χ0) is 23.7. The molecule has 0 saturated heterocycles. The summed E-state index contributed by atoms with van der Waals surface area (Å²) >= 11 is 0. The molecule has 0 amide bonds. The van der Waals surface area contributed by atoms with Gasteiger partial charge in [-0.15, -0.1) is 0 Å². The van der Waals surface area contributed by atoms with E-state index < -0.39 is 0 Å². The first-order valence-corrected chi connectivity index (χ1v) is 11.7. The van der Waals surface area contributed by atoms with Gasteiger partial charge in [0.05, 0.1) is 23.2 Å². The SMILES string of the molecule is Cc1cc(/C=C/C#N)cc(C)c1Oc1nc(NC23CC(C#N)(C2)C3)nc2nn3c(c12)CCC3C. The van der Waals surface area contributed by atoms with Crippen molar-refractivity contribution < 1.29 is 4.74 Å². The Morgan fingerprint density at radius 1 is 1.18 bits per heavy atom. The second kappa shape index (κ2) is 7.04. The summed E-state index contributed by atoms with van der Waals surface area (Å²) < 4.78 is 8.56. The second-order valence-electron chi connectivity index (χ2n) is 10.2. The summed E-state index contributed by atoms with van der Waals surface area (Å²) in [4.78, 5) is 9.58. The monoisotopic (exact) mass is 451 g/mol. The van der Waals surface area contributed by atoms with E-state index in [0.29, 0.717) is 23.5 Å². The summed E-state index contributed by atoms with van der Waals surface area (Å²) in [5.41, 5.74) is 4.39. The first-order chi connectivity index (χ1) is 16.3. The van der Waals surface area contributed by atoms with E-state index in [4.69, 9.17) is 25.1 Å². The minimum atomic E-state index is -0.155. The summed E-state index contributed by atoms with van der Waals surface area (Å²) in [5.74, 6) is 1.76. The molecule has 2 aromatic heterocycles.